The van der Waals surface area contributed by atoms with Gasteiger partial charge in [0.2, 0.25) is 0 Å². The van der Waals surface area contributed by atoms with Crippen molar-refractivity contribution in [2.45, 2.75) is 25.7 Å². The second kappa shape index (κ2) is 5.59. The first-order valence-electron chi connectivity index (χ1n) is 5.98. The normalized spacial score (nSPS) is 12.6. The third-order valence-corrected chi connectivity index (χ3v) is 2.89. The highest BCUT2D eigenvalue weighted by molar-refractivity contribution is 5.32. The van der Waals surface area contributed by atoms with Gasteiger partial charge in [-0.3, -0.25) is 4.57 Å². The Hall–Kier alpha value is -1.68. The van der Waals surface area contributed by atoms with Gasteiger partial charge in [0.05, 0.1) is 0 Å². The largest absolute Gasteiger partial charge is 0.330 e. The Kier molecular flexibility index (Phi) is 3.88. The van der Waals surface area contributed by atoms with Gasteiger partial charge in [-0.2, -0.15) is 0 Å². The number of hydrogen-bond acceptors (Lipinski definition) is 3. The first-order valence-corrected chi connectivity index (χ1v) is 5.98. The minimum Gasteiger partial charge on any atom is -0.330 e. The summed E-state index contributed by atoms with van der Waals surface area (Å²) in [4.78, 5) is 0. The topological polar surface area (TPSA) is 56.7 Å². The van der Waals surface area contributed by atoms with Crippen LogP contribution in [0, 0.1) is 0 Å². The Labute approximate surface area is 101 Å². The number of nitrogens with two attached hydrogens (primary N) is 1. The van der Waals surface area contributed by atoms with Gasteiger partial charge in [-0.15, -0.1) is 10.2 Å². The minimum absolute atomic E-state index is 0.376. The Bertz CT molecular complexity index is 449. The Balaban J connectivity index is 2.23. The first-order chi connectivity index (χ1) is 8.33. The fraction of sp³-hybridized carbons (Fsp3) is 0.385. The van der Waals surface area contributed by atoms with Crippen molar-refractivity contribution in [3.05, 3.63) is 42.5 Å². The van der Waals surface area contributed by atoms with Crippen LogP contribution in [0.25, 0.3) is 5.69 Å². The lowest BCUT2D eigenvalue weighted by Crippen LogP contribution is -2.07. The van der Waals surface area contributed by atoms with E-state index in [0.717, 1.165) is 30.9 Å². The van der Waals surface area contributed by atoms with E-state index in [-0.39, 0.29) is 0 Å². The number of benzene rings is 1. The standard InChI is InChI=1S/C13H18N4/c1-11(6-5-9-14)13-16-15-10-17(13)12-7-3-2-4-8-12/h2-4,7-8,10-11H,5-6,9,14H2,1H3. The van der Waals surface area contributed by atoms with Crippen molar-refractivity contribution in [2.75, 3.05) is 6.54 Å². The molecule has 4 heteroatoms. The van der Waals surface area contributed by atoms with Crippen molar-refractivity contribution >= 4 is 0 Å². The molecule has 0 aliphatic rings. The maximum absolute atomic E-state index is 5.54. The van der Waals surface area contributed by atoms with E-state index in [2.05, 4.69) is 29.3 Å². The highest BCUT2D eigenvalue weighted by Crippen LogP contribution is 2.20. The van der Waals surface area contributed by atoms with Crippen LogP contribution in [-0.4, -0.2) is 21.3 Å². The van der Waals surface area contributed by atoms with E-state index >= 15 is 0 Å². The summed E-state index contributed by atoms with van der Waals surface area (Å²) in [5.74, 6) is 1.38. The van der Waals surface area contributed by atoms with Gasteiger partial charge in [0.15, 0.2) is 0 Å². The summed E-state index contributed by atoms with van der Waals surface area (Å²) in [7, 11) is 0. The molecule has 2 aromatic rings. The molecule has 0 radical (unpaired) electrons. The number of rotatable bonds is 5. The number of nitrogens with zero attached hydrogens (tertiary/aromatic N) is 3. The van der Waals surface area contributed by atoms with E-state index in [1.54, 1.807) is 6.33 Å². The molecule has 17 heavy (non-hydrogen) atoms. The molecule has 90 valence electrons. The highest BCUT2D eigenvalue weighted by atomic mass is 15.3. The lowest BCUT2D eigenvalue weighted by Gasteiger charge is -2.12. The van der Waals surface area contributed by atoms with Crippen LogP contribution < -0.4 is 5.73 Å². The number of hydrogen-bond donors (Lipinski definition) is 1. The van der Waals surface area contributed by atoms with Crippen LogP contribution >= 0.6 is 0 Å². The van der Waals surface area contributed by atoms with Gasteiger partial charge >= 0.3 is 0 Å². The van der Waals surface area contributed by atoms with Crippen LogP contribution in [0.5, 0.6) is 0 Å². The van der Waals surface area contributed by atoms with Crippen LogP contribution in [0.15, 0.2) is 36.7 Å². The SMILES string of the molecule is CC(CCCN)c1nncn1-c1ccccc1. The third kappa shape index (κ3) is 2.71. The molecule has 2 N–H and O–H groups in total. The van der Waals surface area contributed by atoms with Crippen molar-refractivity contribution in [2.24, 2.45) is 5.73 Å². The second-order valence-corrected chi connectivity index (χ2v) is 4.23. The zero-order chi connectivity index (χ0) is 12.1. The van der Waals surface area contributed by atoms with Gasteiger partial charge in [0, 0.05) is 11.6 Å². The van der Waals surface area contributed by atoms with Crippen LogP contribution in [0.1, 0.15) is 31.5 Å². The van der Waals surface area contributed by atoms with Crippen molar-refractivity contribution in [1.82, 2.24) is 14.8 Å². The average Bonchev–Trinajstić information content (AvgIpc) is 2.86. The average molecular weight is 230 g/mol. The van der Waals surface area contributed by atoms with Crippen LogP contribution in [0.3, 0.4) is 0 Å². The molecule has 0 aliphatic carbocycles. The quantitative estimate of drug-likeness (QED) is 0.855. The third-order valence-electron chi connectivity index (χ3n) is 2.89. The molecule has 4 nitrogen and oxygen atoms in total. The highest BCUT2D eigenvalue weighted by Gasteiger charge is 2.13. The van der Waals surface area contributed by atoms with Crippen LogP contribution in [0.4, 0.5) is 0 Å². The van der Waals surface area contributed by atoms with Gasteiger partial charge in [-0.1, -0.05) is 25.1 Å². The van der Waals surface area contributed by atoms with Gasteiger partial charge in [0.1, 0.15) is 12.2 Å². The second-order valence-electron chi connectivity index (χ2n) is 4.23. The zero-order valence-electron chi connectivity index (χ0n) is 10.1. The van der Waals surface area contributed by atoms with Crippen LogP contribution in [-0.2, 0) is 0 Å². The van der Waals surface area contributed by atoms with Gasteiger partial charge in [0.25, 0.3) is 0 Å². The molecule has 1 aromatic carbocycles. The van der Waals surface area contributed by atoms with Gasteiger partial charge in [-0.05, 0) is 31.5 Å². The molecule has 0 bridgehead atoms. The van der Waals surface area contributed by atoms with E-state index in [4.69, 9.17) is 5.73 Å². The molecule has 2 rings (SSSR count). The maximum atomic E-state index is 5.54. The summed E-state index contributed by atoms with van der Waals surface area (Å²) < 4.78 is 2.04. The molecule has 1 heterocycles. The molecule has 0 fully saturated rings. The van der Waals surface area contributed by atoms with Crippen molar-refractivity contribution in [3.8, 4) is 5.69 Å². The summed E-state index contributed by atoms with van der Waals surface area (Å²) in [6, 6.07) is 10.2. The predicted molar refractivity (Wildman–Crippen MR) is 68.1 cm³/mol. The molecular weight excluding hydrogens is 212 g/mol. The van der Waals surface area contributed by atoms with E-state index in [1.165, 1.54) is 0 Å². The molecule has 0 spiro atoms. The molecule has 0 aliphatic heterocycles. The summed E-state index contributed by atoms with van der Waals surface area (Å²) in [6.45, 7) is 2.89. The van der Waals surface area contributed by atoms with Crippen LogP contribution in [0.2, 0.25) is 0 Å². The Morgan fingerprint density at radius 2 is 2.06 bits per heavy atom. The summed E-state index contributed by atoms with van der Waals surface area (Å²) in [5.41, 5.74) is 6.64. The monoisotopic (exact) mass is 230 g/mol. The summed E-state index contributed by atoms with van der Waals surface area (Å²) >= 11 is 0. The summed E-state index contributed by atoms with van der Waals surface area (Å²) in [5, 5.41) is 8.23. The number of para-hydroxylation sites is 1. The molecule has 0 saturated carbocycles. The first kappa shape index (κ1) is 11.8. The lowest BCUT2D eigenvalue weighted by atomic mass is 10.0. The Morgan fingerprint density at radius 1 is 1.29 bits per heavy atom. The molecule has 1 unspecified atom stereocenters. The van der Waals surface area contributed by atoms with Gasteiger partial charge in [-0.25, -0.2) is 0 Å². The molecule has 0 amide bonds. The van der Waals surface area contributed by atoms with E-state index < -0.39 is 0 Å². The molecule has 1 atom stereocenters. The fourth-order valence-electron chi connectivity index (χ4n) is 1.92. The van der Waals surface area contributed by atoms with Crippen molar-refractivity contribution in [3.63, 3.8) is 0 Å². The lowest BCUT2D eigenvalue weighted by molar-refractivity contribution is 0.598. The van der Waals surface area contributed by atoms with Crippen molar-refractivity contribution < 1.29 is 0 Å². The smallest absolute Gasteiger partial charge is 0.140 e. The van der Waals surface area contributed by atoms with Crippen molar-refractivity contribution in [1.29, 1.82) is 0 Å². The van der Waals surface area contributed by atoms with E-state index in [0.29, 0.717) is 5.92 Å². The zero-order valence-corrected chi connectivity index (χ0v) is 10.1. The fourth-order valence-corrected chi connectivity index (χ4v) is 1.92. The minimum atomic E-state index is 0.376. The molecule has 1 aromatic heterocycles. The van der Waals surface area contributed by atoms with E-state index in [9.17, 15) is 0 Å². The molecular formula is C13H18N4. The predicted octanol–water partition coefficient (Wildman–Crippen LogP) is 2.11. The Morgan fingerprint density at radius 3 is 2.76 bits per heavy atom. The van der Waals surface area contributed by atoms with E-state index in [1.807, 2.05) is 22.8 Å². The van der Waals surface area contributed by atoms with Gasteiger partial charge < -0.3 is 5.73 Å². The summed E-state index contributed by atoms with van der Waals surface area (Å²) in [6.07, 6.45) is 3.83. The molecule has 0 saturated heterocycles. The number of aromatic nitrogens is 3. The maximum Gasteiger partial charge on any atom is 0.140 e.